The van der Waals surface area contributed by atoms with E-state index in [-0.39, 0.29) is 5.65 Å². The number of aliphatic hydroxyl groups excluding tert-OH is 1. The number of rotatable bonds is 4. The van der Waals surface area contributed by atoms with Crippen molar-refractivity contribution in [3.05, 3.63) is 72.6 Å². The Bertz CT molecular complexity index is 1150. The van der Waals surface area contributed by atoms with E-state index >= 15 is 0 Å². The number of aliphatic hydroxyl groups is 1. The van der Waals surface area contributed by atoms with E-state index in [9.17, 15) is 23.4 Å². The summed E-state index contributed by atoms with van der Waals surface area (Å²) in [4.78, 5) is 6.09. The number of fused-ring (bicyclic) bond motifs is 1. The molecule has 1 unspecified atom stereocenters. The lowest BCUT2D eigenvalue weighted by molar-refractivity contribution is -0.207. The van der Waals surface area contributed by atoms with Gasteiger partial charge in [0.05, 0.1) is 11.8 Å². The Morgan fingerprint density at radius 2 is 1.59 bits per heavy atom. The Kier molecular flexibility index (Phi) is 4.93. The van der Waals surface area contributed by atoms with Crippen LogP contribution >= 0.6 is 11.8 Å². The lowest BCUT2D eigenvalue weighted by Crippen LogP contribution is -2.21. The van der Waals surface area contributed by atoms with Crippen LogP contribution in [0.1, 0.15) is 11.7 Å². The van der Waals surface area contributed by atoms with Crippen LogP contribution in [0, 0.1) is 0 Å². The summed E-state index contributed by atoms with van der Waals surface area (Å²) < 4.78 is 39.2. The molecule has 4 rings (SSSR count). The summed E-state index contributed by atoms with van der Waals surface area (Å²) in [6, 6.07) is 17.4. The van der Waals surface area contributed by atoms with Gasteiger partial charge in [0, 0.05) is 21.6 Å². The second-order valence-electron chi connectivity index (χ2n) is 6.21. The SMILES string of the molecule is Oc1c(C(O)C(F)(F)F)cnc2c(-c3ccc(Sc4ccccc4)cc3)cnn12. The molecule has 2 N–H and O–H groups in total. The van der Waals surface area contributed by atoms with Crippen LogP contribution in [-0.2, 0) is 0 Å². The maximum atomic E-state index is 12.8. The van der Waals surface area contributed by atoms with Crippen molar-refractivity contribution in [1.29, 1.82) is 0 Å². The van der Waals surface area contributed by atoms with Crippen LogP contribution in [0.3, 0.4) is 0 Å². The first-order valence-electron chi connectivity index (χ1n) is 8.48. The van der Waals surface area contributed by atoms with Crippen molar-refractivity contribution in [3.63, 3.8) is 0 Å². The molecule has 148 valence electrons. The zero-order valence-electron chi connectivity index (χ0n) is 14.7. The number of hydrogen-bond acceptors (Lipinski definition) is 5. The molecule has 0 aliphatic rings. The molecule has 29 heavy (non-hydrogen) atoms. The standard InChI is InChI=1S/C20H14F3N3O2S/c21-20(22,23)17(27)16-10-24-18-15(11-25-26(18)19(16)28)12-6-8-14(9-7-12)29-13-4-2-1-3-5-13/h1-11,17,27-28H. The van der Waals surface area contributed by atoms with E-state index in [0.717, 1.165) is 26.1 Å². The monoisotopic (exact) mass is 417 g/mol. The summed E-state index contributed by atoms with van der Waals surface area (Å²) in [5.41, 5.74) is 0.719. The topological polar surface area (TPSA) is 70.7 Å². The normalized spacial score (nSPS) is 13.0. The fraction of sp³-hybridized carbons (Fsp3) is 0.100. The second kappa shape index (κ2) is 7.41. The molecule has 1 atom stereocenters. The van der Waals surface area contributed by atoms with Gasteiger partial charge in [-0.15, -0.1) is 0 Å². The van der Waals surface area contributed by atoms with Crippen molar-refractivity contribution >= 4 is 17.4 Å². The number of halogens is 3. The number of hydrogen-bond donors (Lipinski definition) is 2. The molecule has 9 heteroatoms. The zero-order valence-corrected chi connectivity index (χ0v) is 15.5. The van der Waals surface area contributed by atoms with Gasteiger partial charge in [-0.2, -0.15) is 22.8 Å². The molecule has 0 saturated carbocycles. The Balaban J connectivity index is 1.65. The summed E-state index contributed by atoms with van der Waals surface area (Å²) in [7, 11) is 0. The Labute approximate surface area is 167 Å². The predicted molar refractivity (Wildman–Crippen MR) is 102 cm³/mol. The molecular formula is C20H14F3N3O2S. The molecule has 5 nitrogen and oxygen atoms in total. The van der Waals surface area contributed by atoms with Crippen LogP contribution in [0.25, 0.3) is 16.8 Å². The van der Waals surface area contributed by atoms with Crippen LogP contribution in [0.2, 0.25) is 0 Å². The molecule has 0 spiro atoms. The molecule has 0 aliphatic heterocycles. The number of aromatic nitrogens is 3. The number of nitrogens with zero attached hydrogens (tertiary/aromatic N) is 3. The molecule has 2 aromatic carbocycles. The maximum absolute atomic E-state index is 12.8. The first-order valence-corrected chi connectivity index (χ1v) is 9.30. The fourth-order valence-electron chi connectivity index (χ4n) is 2.83. The molecule has 2 heterocycles. The highest BCUT2D eigenvalue weighted by molar-refractivity contribution is 7.99. The van der Waals surface area contributed by atoms with Gasteiger partial charge in [0.15, 0.2) is 11.8 Å². The third kappa shape index (κ3) is 3.79. The summed E-state index contributed by atoms with van der Waals surface area (Å²) >= 11 is 1.60. The first kappa shape index (κ1) is 19.3. The number of benzene rings is 2. The van der Waals surface area contributed by atoms with Gasteiger partial charge >= 0.3 is 6.18 Å². The van der Waals surface area contributed by atoms with Gasteiger partial charge in [-0.3, -0.25) is 0 Å². The second-order valence-corrected chi connectivity index (χ2v) is 7.36. The molecule has 0 aliphatic carbocycles. The van der Waals surface area contributed by atoms with Crippen LogP contribution in [-0.4, -0.2) is 31.0 Å². The largest absolute Gasteiger partial charge is 0.493 e. The molecule has 0 radical (unpaired) electrons. The minimum atomic E-state index is -4.92. The third-order valence-electron chi connectivity index (χ3n) is 4.28. The van der Waals surface area contributed by atoms with Crippen molar-refractivity contribution in [2.45, 2.75) is 22.1 Å². The molecule has 0 fully saturated rings. The van der Waals surface area contributed by atoms with Gasteiger partial charge in [0.1, 0.15) is 0 Å². The Morgan fingerprint density at radius 3 is 2.24 bits per heavy atom. The van der Waals surface area contributed by atoms with Gasteiger partial charge in [-0.25, -0.2) is 4.98 Å². The van der Waals surface area contributed by atoms with Crippen LogP contribution in [0.5, 0.6) is 5.88 Å². The van der Waals surface area contributed by atoms with Crippen LogP contribution in [0.4, 0.5) is 13.2 Å². The van der Waals surface area contributed by atoms with E-state index in [1.165, 1.54) is 6.20 Å². The van der Waals surface area contributed by atoms with E-state index in [1.807, 2.05) is 54.6 Å². The third-order valence-corrected chi connectivity index (χ3v) is 5.29. The molecular weight excluding hydrogens is 403 g/mol. The predicted octanol–water partition coefficient (Wildman–Crippen LogP) is 4.85. The molecule has 2 aromatic heterocycles. The van der Waals surface area contributed by atoms with Crippen molar-refractivity contribution in [2.75, 3.05) is 0 Å². The van der Waals surface area contributed by atoms with Crippen molar-refractivity contribution in [1.82, 2.24) is 14.6 Å². The lowest BCUT2D eigenvalue weighted by atomic mass is 10.1. The van der Waals surface area contributed by atoms with Gasteiger partial charge in [-0.1, -0.05) is 42.1 Å². The number of alkyl halides is 3. The van der Waals surface area contributed by atoms with E-state index in [4.69, 9.17) is 0 Å². The minimum Gasteiger partial charge on any atom is -0.493 e. The molecule has 4 aromatic rings. The van der Waals surface area contributed by atoms with Crippen LogP contribution < -0.4 is 0 Å². The maximum Gasteiger partial charge on any atom is 0.418 e. The Morgan fingerprint density at radius 1 is 0.931 bits per heavy atom. The highest BCUT2D eigenvalue weighted by Gasteiger charge is 2.41. The molecule has 0 saturated heterocycles. The van der Waals surface area contributed by atoms with E-state index in [2.05, 4.69) is 10.1 Å². The number of aromatic hydroxyl groups is 1. The molecule has 0 bridgehead atoms. The highest BCUT2D eigenvalue weighted by atomic mass is 32.2. The summed E-state index contributed by atoms with van der Waals surface area (Å²) in [6.07, 6.45) is -5.55. The quantitative estimate of drug-likeness (QED) is 0.497. The zero-order chi connectivity index (χ0) is 20.6. The van der Waals surface area contributed by atoms with Crippen molar-refractivity contribution in [3.8, 4) is 17.0 Å². The summed E-state index contributed by atoms with van der Waals surface area (Å²) in [5, 5.41) is 23.5. The Hall–Kier alpha value is -3.04. The lowest BCUT2D eigenvalue weighted by Gasteiger charge is -2.15. The van der Waals surface area contributed by atoms with Crippen molar-refractivity contribution < 1.29 is 23.4 Å². The summed E-state index contributed by atoms with van der Waals surface area (Å²) in [6.45, 7) is 0. The van der Waals surface area contributed by atoms with Gasteiger partial charge in [-0.05, 0) is 29.8 Å². The first-order chi connectivity index (χ1) is 13.8. The average Bonchev–Trinajstić information content (AvgIpc) is 3.13. The van der Waals surface area contributed by atoms with E-state index in [0.29, 0.717) is 5.56 Å². The van der Waals surface area contributed by atoms with Gasteiger partial charge in [0.25, 0.3) is 0 Å². The van der Waals surface area contributed by atoms with E-state index in [1.54, 1.807) is 11.8 Å². The van der Waals surface area contributed by atoms with Gasteiger partial charge in [0.2, 0.25) is 5.88 Å². The molecule has 0 amide bonds. The van der Waals surface area contributed by atoms with Crippen LogP contribution in [0.15, 0.2) is 76.8 Å². The highest BCUT2D eigenvalue weighted by Crippen LogP contribution is 2.37. The smallest absolute Gasteiger partial charge is 0.418 e. The minimum absolute atomic E-state index is 0.184. The van der Waals surface area contributed by atoms with E-state index < -0.39 is 23.7 Å². The summed E-state index contributed by atoms with van der Waals surface area (Å²) in [5.74, 6) is -0.803. The fourth-order valence-corrected chi connectivity index (χ4v) is 3.67. The van der Waals surface area contributed by atoms with Crippen molar-refractivity contribution in [2.24, 2.45) is 0 Å². The average molecular weight is 417 g/mol. The van der Waals surface area contributed by atoms with Gasteiger partial charge < -0.3 is 10.2 Å².